The van der Waals surface area contributed by atoms with Crippen LogP contribution < -0.4 is 5.73 Å². The molecule has 0 amide bonds. The first-order valence-electron chi connectivity index (χ1n) is 7.30. The summed E-state index contributed by atoms with van der Waals surface area (Å²) < 4.78 is 2.36. The second-order valence-electron chi connectivity index (χ2n) is 5.84. The molecular weight excluding hydrogens is 236 g/mol. The number of hydrogen-bond donors (Lipinski definition) is 1. The Bertz CT molecular complexity index is 610. The Hall–Kier alpha value is -1.55. The molecule has 4 rings (SSSR count). The van der Waals surface area contributed by atoms with Gasteiger partial charge in [-0.2, -0.15) is 0 Å². The normalized spacial score (nSPS) is 21.1. The van der Waals surface area contributed by atoms with Crippen LogP contribution in [0.3, 0.4) is 0 Å². The molecule has 0 saturated heterocycles. The molecule has 19 heavy (non-hydrogen) atoms. The SMILES string of the molecule is Nc1ccc2c(c1)nc1n2CCN(C2CCCC2)C1. The smallest absolute Gasteiger partial charge is 0.124 e. The van der Waals surface area contributed by atoms with Crippen LogP contribution in [0, 0.1) is 0 Å². The van der Waals surface area contributed by atoms with Gasteiger partial charge in [0, 0.05) is 24.8 Å². The highest BCUT2D eigenvalue weighted by Crippen LogP contribution is 2.28. The third-order valence-corrected chi connectivity index (χ3v) is 4.65. The summed E-state index contributed by atoms with van der Waals surface area (Å²) in [6, 6.07) is 6.85. The topological polar surface area (TPSA) is 47.1 Å². The highest BCUT2D eigenvalue weighted by atomic mass is 15.3. The molecule has 0 bridgehead atoms. The molecule has 1 fully saturated rings. The Morgan fingerprint density at radius 1 is 1.16 bits per heavy atom. The van der Waals surface area contributed by atoms with Crippen molar-refractivity contribution in [3.8, 4) is 0 Å². The molecule has 2 aromatic rings. The van der Waals surface area contributed by atoms with Crippen LogP contribution in [0.15, 0.2) is 18.2 Å². The second kappa shape index (κ2) is 4.23. The van der Waals surface area contributed by atoms with Gasteiger partial charge in [0.1, 0.15) is 5.82 Å². The zero-order valence-corrected chi connectivity index (χ0v) is 11.2. The summed E-state index contributed by atoms with van der Waals surface area (Å²) >= 11 is 0. The van der Waals surface area contributed by atoms with E-state index < -0.39 is 0 Å². The zero-order chi connectivity index (χ0) is 12.8. The van der Waals surface area contributed by atoms with Gasteiger partial charge in [0.2, 0.25) is 0 Å². The molecule has 2 heterocycles. The third kappa shape index (κ3) is 1.82. The van der Waals surface area contributed by atoms with E-state index in [1.807, 2.05) is 12.1 Å². The van der Waals surface area contributed by atoms with Crippen molar-refractivity contribution in [1.29, 1.82) is 0 Å². The number of aromatic nitrogens is 2. The Morgan fingerprint density at radius 2 is 2.00 bits per heavy atom. The van der Waals surface area contributed by atoms with Crippen LogP contribution in [0.2, 0.25) is 0 Å². The first-order chi connectivity index (χ1) is 9.31. The van der Waals surface area contributed by atoms with Crippen LogP contribution in [0.4, 0.5) is 5.69 Å². The maximum Gasteiger partial charge on any atom is 0.124 e. The maximum absolute atomic E-state index is 5.85. The quantitative estimate of drug-likeness (QED) is 0.797. The van der Waals surface area contributed by atoms with E-state index in [2.05, 4.69) is 15.5 Å². The van der Waals surface area contributed by atoms with Gasteiger partial charge < -0.3 is 10.3 Å². The maximum atomic E-state index is 5.85. The van der Waals surface area contributed by atoms with Gasteiger partial charge in [0.15, 0.2) is 0 Å². The molecule has 0 spiro atoms. The van der Waals surface area contributed by atoms with Crippen LogP contribution in [-0.2, 0) is 13.1 Å². The average Bonchev–Trinajstić information content (AvgIpc) is 3.04. The van der Waals surface area contributed by atoms with E-state index in [1.165, 1.54) is 37.0 Å². The number of nitrogens with zero attached hydrogens (tertiary/aromatic N) is 3. The minimum atomic E-state index is 0.790. The van der Waals surface area contributed by atoms with Gasteiger partial charge in [-0.05, 0) is 31.0 Å². The second-order valence-corrected chi connectivity index (χ2v) is 5.84. The molecule has 1 aromatic heterocycles. The molecule has 4 heteroatoms. The van der Waals surface area contributed by atoms with Crippen molar-refractivity contribution in [1.82, 2.24) is 14.5 Å². The molecule has 0 atom stereocenters. The van der Waals surface area contributed by atoms with Gasteiger partial charge in [0.25, 0.3) is 0 Å². The van der Waals surface area contributed by atoms with Crippen molar-refractivity contribution in [3.63, 3.8) is 0 Å². The van der Waals surface area contributed by atoms with Crippen molar-refractivity contribution >= 4 is 16.7 Å². The van der Waals surface area contributed by atoms with Crippen LogP contribution in [-0.4, -0.2) is 27.0 Å². The van der Waals surface area contributed by atoms with E-state index in [1.54, 1.807) is 0 Å². The molecule has 100 valence electrons. The fraction of sp³-hybridized carbons (Fsp3) is 0.533. The number of imidazole rings is 1. The van der Waals surface area contributed by atoms with Crippen LogP contribution in [0.1, 0.15) is 31.5 Å². The highest BCUT2D eigenvalue weighted by Gasteiger charge is 2.27. The lowest BCUT2D eigenvalue weighted by Gasteiger charge is -2.32. The standard InChI is InChI=1S/C15H20N4/c16-11-5-6-14-13(9-11)17-15-10-18(7-8-19(14)15)12-3-1-2-4-12/h5-6,9,12H,1-4,7-8,10,16H2. The van der Waals surface area contributed by atoms with E-state index in [4.69, 9.17) is 10.7 Å². The average molecular weight is 256 g/mol. The molecule has 1 aliphatic heterocycles. The Morgan fingerprint density at radius 3 is 2.84 bits per heavy atom. The van der Waals surface area contributed by atoms with Gasteiger partial charge in [-0.25, -0.2) is 4.98 Å². The fourth-order valence-electron chi connectivity index (χ4n) is 3.64. The summed E-state index contributed by atoms with van der Waals surface area (Å²) in [7, 11) is 0. The van der Waals surface area contributed by atoms with Gasteiger partial charge in [-0.1, -0.05) is 12.8 Å². The van der Waals surface area contributed by atoms with Crippen molar-refractivity contribution in [2.24, 2.45) is 0 Å². The molecule has 1 aliphatic carbocycles. The van der Waals surface area contributed by atoms with Crippen LogP contribution >= 0.6 is 0 Å². The highest BCUT2D eigenvalue weighted by molar-refractivity contribution is 5.79. The Kier molecular flexibility index (Phi) is 2.52. The largest absolute Gasteiger partial charge is 0.399 e. The van der Waals surface area contributed by atoms with Gasteiger partial charge >= 0.3 is 0 Å². The summed E-state index contributed by atoms with van der Waals surface area (Å²) in [5.41, 5.74) is 8.93. The monoisotopic (exact) mass is 256 g/mol. The number of fused-ring (bicyclic) bond motifs is 3. The third-order valence-electron chi connectivity index (χ3n) is 4.65. The fourth-order valence-corrected chi connectivity index (χ4v) is 3.64. The van der Waals surface area contributed by atoms with E-state index in [9.17, 15) is 0 Å². The number of rotatable bonds is 1. The predicted molar refractivity (Wildman–Crippen MR) is 76.8 cm³/mol. The van der Waals surface area contributed by atoms with Gasteiger partial charge in [-0.15, -0.1) is 0 Å². The van der Waals surface area contributed by atoms with Crippen molar-refractivity contribution in [2.75, 3.05) is 12.3 Å². The zero-order valence-electron chi connectivity index (χ0n) is 11.2. The first-order valence-corrected chi connectivity index (χ1v) is 7.30. The predicted octanol–water partition coefficient (Wildman–Crippen LogP) is 2.38. The molecule has 1 aromatic carbocycles. The number of nitrogen functional groups attached to an aromatic ring is 1. The summed E-state index contributed by atoms with van der Waals surface area (Å²) in [6.07, 6.45) is 5.53. The van der Waals surface area contributed by atoms with Gasteiger partial charge in [-0.3, -0.25) is 4.90 Å². The van der Waals surface area contributed by atoms with E-state index >= 15 is 0 Å². The van der Waals surface area contributed by atoms with E-state index in [0.717, 1.165) is 36.9 Å². The van der Waals surface area contributed by atoms with E-state index in [-0.39, 0.29) is 0 Å². The molecule has 2 aliphatic rings. The van der Waals surface area contributed by atoms with E-state index in [0.29, 0.717) is 0 Å². The number of hydrogen-bond acceptors (Lipinski definition) is 3. The molecule has 1 saturated carbocycles. The number of nitrogens with two attached hydrogens (primary N) is 1. The summed E-state index contributed by atoms with van der Waals surface area (Å²) in [6.45, 7) is 3.22. The van der Waals surface area contributed by atoms with Gasteiger partial charge in [0.05, 0.1) is 17.6 Å². The van der Waals surface area contributed by atoms with Crippen LogP contribution in [0.5, 0.6) is 0 Å². The first kappa shape index (κ1) is 11.3. The Labute approximate surface area is 113 Å². The van der Waals surface area contributed by atoms with Crippen molar-refractivity contribution in [2.45, 2.75) is 44.8 Å². The van der Waals surface area contributed by atoms with Crippen molar-refractivity contribution in [3.05, 3.63) is 24.0 Å². The summed E-state index contributed by atoms with van der Waals surface area (Å²) in [4.78, 5) is 7.40. The molecule has 2 N–H and O–H groups in total. The lowest BCUT2D eigenvalue weighted by molar-refractivity contribution is 0.156. The molecular formula is C15H20N4. The number of benzene rings is 1. The summed E-state index contributed by atoms with van der Waals surface area (Å²) in [5.74, 6) is 1.21. The molecule has 0 unspecified atom stereocenters. The summed E-state index contributed by atoms with van der Waals surface area (Å²) in [5, 5.41) is 0. The molecule has 0 radical (unpaired) electrons. The lowest BCUT2D eigenvalue weighted by atomic mass is 10.2. The lowest BCUT2D eigenvalue weighted by Crippen LogP contribution is -2.39. The minimum absolute atomic E-state index is 0.790. The molecule has 4 nitrogen and oxygen atoms in total. The van der Waals surface area contributed by atoms with Crippen molar-refractivity contribution < 1.29 is 0 Å². The Balaban J connectivity index is 1.69. The van der Waals surface area contributed by atoms with Crippen LogP contribution in [0.25, 0.3) is 11.0 Å². The number of anilines is 1. The minimum Gasteiger partial charge on any atom is -0.399 e.